The van der Waals surface area contributed by atoms with Crippen molar-refractivity contribution in [3.05, 3.63) is 69.2 Å². The van der Waals surface area contributed by atoms with E-state index in [9.17, 15) is 14.7 Å². The largest absolute Gasteiger partial charge is 0.481 e. The molecule has 1 aliphatic rings. The topological polar surface area (TPSA) is 66.4 Å². The summed E-state index contributed by atoms with van der Waals surface area (Å²) >= 11 is 12.0. The Kier molecular flexibility index (Phi) is 5.97. The lowest BCUT2D eigenvalue weighted by Gasteiger charge is -2.27. The maximum absolute atomic E-state index is 13.0. The van der Waals surface area contributed by atoms with E-state index in [4.69, 9.17) is 23.2 Å². The molecule has 3 rings (SSSR count). The molecule has 26 heavy (non-hydrogen) atoms. The molecule has 0 spiro atoms. The van der Waals surface area contributed by atoms with Crippen LogP contribution in [0.3, 0.4) is 0 Å². The molecule has 0 aromatic heterocycles. The number of aliphatic carboxylic acids is 1. The van der Waals surface area contributed by atoms with Crippen LogP contribution in [0, 0.1) is 0 Å². The van der Waals surface area contributed by atoms with Crippen molar-refractivity contribution in [2.45, 2.75) is 31.2 Å². The fourth-order valence-electron chi connectivity index (χ4n) is 3.44. The van der Waals surface area contributed by atoms with Gasteiger partial charge in [-0.25, -0.2) is 0 Å². The van der Waals surface area contributed by atoms with E-state index in [0.717, 1.165) is 24.1 Å². The highest BCUT2D eigenvalue weighted by atomic mass is 35.5. The second kappa shape index (κ2) is 8.21. The molecule has 0 aliphatic carbocycles. The molecule has 1 heterocycles. The third kappa shape index (κ3) is 4.26. The number of carbonyl (C=O) groups is 2. The molecule has 136 valence electrons. The standard InChI is InChI=1S/C20H19Cl2NO3/c21-16-6-5-13(9-17(16)22)14(11-19(25)26)10-18(24)20-15-4-2-1-3-12(15)7-8-23-20/h1-6,9,14,20,23H,7-8,10-11H2,(H,25,26). The second-order valence-electron chi connectivity index (χ2n) is 6.47. The first-order valence-electron chi connectivity index (χ1n) is 8.46. The van der Waals surface area contributed by atoms with Gasteiger partial charge in [-0.2, -0.15) is 0 Å². The van der Waals surface area contributed by atoms with Crippen LogP contribution < -0.4 is 5.32 Å². The molecule has 0 fully saturated rings. The monoisotopic (exact) mass is 391 g/mol. The average molecular weight is 392 g/mol. The van der Waals surface area contributed by atoms with Gasteiger partial charge in [0.1, 0.15) is 0 Å². The predicted octanol–water partition coefficient (Wildman–Crippen LogP) is 4.40. The summed E-state index contributed by atoms with van der Waals surface area (Å²) in [4.78, 5) is 24.3. The molecule has 0 saturated heterocycles. The molecule has 2 aromatic carbocycles. The van der Waals surface area contributed by atoms with Gasteiger partial charge < -0.3 is 10.4 Å². The first-order chi connectivity index (χ1) is 12.5. The third-order valence-corrected chi connectivity index (χ3v) is 5.45. The zero-order valence-electron chi connectivity index (χ0n) is 14.0. The minimum absolute atomic E-state index is 0.0190. The number of hydrogen-bond donors (Lipinski definition) is 2. The Morgan fingerprint density at radius 3 is 2.62 bits per heavy atom. The first kappa shape index (κ1) is 18.9. The van der Waals surface area contributed by atoms with E-state index in [1.165, 1.54) is 0 Å². The molecule has 4 nitrogen and oxygen atoms in total. The van der Waals surface area contributed by atoms with E-state index in [-0.39, 0.29) is 18.6 Å². The van der Waals surface area contributed by atoms with Gasteiger partial charge in [0.15, 0.2) is 5.78 Å². The lowest BCUT2D eigenvalue weighted by molar-refractivity contribution is -0.137. The van der Waals surface area contributed by atoms with E-state index in [0.29, 0.717) is 15.6 Å². The minimum Gasteiger partial charge on any atom is -0.481 e. The molecule has 2 aromatic rings. The van der Waals surface area contributed by atoms with Crippen LogP contribution in [0.4, 0.5) is 0 Å². The Morgan fingerprint density at radius 2 is 1.88 bits per heavy atom. The number of halogens is 2. The lowest BCUT2D eigenvalue weighted by Crippen LogP contribution is -2.35. The molecule has 1 aliphatic heterocycles. The van der Waals surface area contributed by atoms with Gasteiger partial charge in [0.25, 0.3) is 0 Å². The van der Waals surface area contributed by atoms with Gasteiger partial charge in [0, 0.05) is 18.9 Å². The number of carboxylic acid groups (broad SMARTS) is 1. The molecule has 6 heteroatoms. The smallest absolute Gasteiger partial charge is 0.303 e. The number of nitrogens with one attached hydrogen (secondary N) is 1. The number of carboxylic acids is 1. The summed E-state index contributed by atoms with van der Waals surface area (Å²) in [5.74, 6) is -1.42. The molecule has 0 amide bonds. The van der Waals surface area contributed by atoms with Crippen LogP contribution in [-0.4, -0.2) is 23.4 Å². The molecule has 2 unspecified atom stereocenters. The molecule has 0 saturated carbocycles. The highest BCUT2D eigenvalue weighted by molar-refractivity contribution is 6.42. The van der Waals surface area contributed by atoms with Crippen molar-refractivity contribution in [3.8, 4) is 0 Å². The van der Waals surface area contributed by atoms with E-state index in [1.807, 2.05) is 24.3 Å². The van der Waals surface area contributed by atoms with Gasteiger partial charge in [-0.15, -0.1) is 0 Å². The second-order valence-corrected chi connectivity index (χ2v) is 7.29. The molecule has 2 N–H and O–H groups in total. The number of hydrogen-bond acceptors (Lipinski definition) is 3. The maximum Gasteiger partial charge on any atom is 0.303 e. The van der Waals surface area contributed by atoms with Crippen molar-refractivity contribution < 1.29 is 14.7 Å². The minimum atomic E-state index is -0.953. The van der Waals surface area contributed by atoms with Gasteiger partial charge in [-0.1, -0.05) is 53.5 Å². The number of ketones is 1. The van der Waals surface area contributed by atoms with Crippen molar-refractivity contribution >= 4 is 35.0 Å². The summed E-state index contributed by atoms with van der Waals surface area (Å²) in [5.41, 5.74) is 2.85. The molecule has 0 bridgehead atoms. The van der Waals surface area contributed by atoms with E-state index < -0.39 is 17.9 Å². The summed E-state index contributed by atoms with van der Waals surface area (Å²) in [6.45, 7) is 0.726. The van der Waals surface area contributed by atoms with Gasteiger partial charge in [-0.05, 0) is 35.2 Å². The van der Waals surface area contributed by atoms with Gasteiger partial charge >= 0.3 is 5.97 Å². The Labute approximate surface area is 162 Å². The molecular weight excluding hydrogens is 373 g/mol. The number of fused-ring (bicyclic) bond motifs is 1. The molecule has 0 radical (unpaired) electrons. The SMILES string of the molecule is O=C(O)CC(CC(=O)C1NCCc2ccccc21)c1ccc(Cl)c(Cl)c1. The van der Waals surface area contributed by atoms with Crippen LogP contribution in [0.15, 0.2) is 42.5 Å². The van der Waals surface area contributed by atoms with Crippen LogP contribution in [0.25, 0.3) is 0 Å². The van der Waals surface area contributed by atoms with Crippen molar-refractivity contribution in [2.75, 3.05) is 6.54 Å². The van der Waals surface area contributed by atoms with Crippen molar-refractivity contribution in [2.24, 2.45) is 0 Å². The van der Waals surface area contributed by atoms with E-state index in [1.54, 1.807) is 18.2 Å². The number of benzene rings is 2. The molecule has 2 atom stereocenters. The summed E-state index contributed by atoms with van der Waals surface area (Å²) in [6.07, 6.45) is 0.861. The Hall–Kier alpha value is -1.88. The number of carbonyl (C=O) groups excluding carboxylic acids is 1. The summed E-state index contributed by atoms with van der Waals surface area (Å²) in [6, 6.07) is 12.5. The van der Waals surface area contributed by atoms with Crippen molar-refractivity contribution in [1.82, 2.24) is 5.32 Å². The fourth-order valence-corrected chi connectivity index (χ4v) is 3.74. The highest BCUT2D eigenvalue weighted by Crippen LogP contribution is 2.33. The average Bonchev–Trinajstić information content (AvgIpc) is 2.62. The van der Waals surface area contributed by atoms with Gasteiger partial charge in [-0.3, -0.25) is 9.59 Å². The van der Waals surface area contributed by atoms with Gasteiger partial charge in [0.2, 0.25) is 0 Å². The Balaban J connectivity index is 1.84. The van der Waals surface area contributed by atoms with Crippen molar-refractivity contribution in [1.29, 1.82) is 0 Å². The van der Waals surface area contributed by atoms with E-state index >= 15 is 0 Å². The Bertz CT molecular complexity index is 838. The van der Waals surface area contributed by atoms with E-state index in [2.05, 4.69) is 5.32 Å². The first-order valence-corrected chi connectivity index (χ1v) is 9.22. The normalized spacial score (nSPS) is 17.4. The summed E-state index contributed by atoms with van der Waals surface area (Å²) in [5, 5.41) is 13.3. The van der Waals surface area contributed by atoms with Crippen molar-refractivity contribution in [3.63, 3.8) is 0 Å². The zero-order chi connectivity index (χ0) is 18.7. The predicted molar refractivity (Wildman–Crippen MR) is 102 cm³/mol. The third-order valence-electron chi connectivity index (χ3n) is 4.71. The Morgan fingerprint density at radius 1 is 1.12 bits per heavy atom. The number of Topliss-reactive ketones (excluding diaryl/α,β-unsaturated/α-hetero) is 1. The van der Waals surface area contributed by atoms with Crippen LogP contribution in [-0.2, 0) is 16.0 Å². The summed E-state index contributed by atoms with van der Waals surface area (Å²) < 4.78 is 0. The number of rotatable bonds is 6. The highest BCUT2D eigenvalue weighted by Gasteiger charge is 2.29. The summed E-state index contributed by atoms with van der Waals surface area (Å²) in [7, 11) is 0. The lowest BCUT2D eigenvalue weighted by atomic mass is 9.85. The van der Waals surface area contributed by atoms with Crippen LogP contribution in [0.1, 0.15) is 41.5 Å². The van der Waals surface area contributed by atoms with Crippen LogP contribution >= 0.6 is 23.2 Å². The van der Waals surface area contributed by atoms with Gasteiger partial charge in [0.05, 0.1) is 22.5 Å². The quantitative estimate of drug-likeness (QED) is 0.765. The van der Waals surface area contributed by atoms with Crippen LogP contribution in [0.5, 0.6) is 0 Å². The van der Waals surface area contributed by atoms with Crippen LogP contribution in [0.2, 0.25) is 10.0 Å². The zero-order valence-corrected chi connectivity index (χ0v) is 15.6. The maximum atomic E-state index is 13.0. The fraction of sp³-hybridized carbons (Fsp3) is 0.300. The molecular formula is C20H19Cl2NO3.